The van der Waals surface area contributed by atoms with Crippen molar-refractivity contribution in [3.63, 3.8) is 0 Å². The van der Waals surface area contributed by atoms with Crippen LogP contribution in [0, 0.1) is 5.41 Å². The molecule has 6 N–H and O–H groups in total. The maximum Gasteiger partial charge on any atom is 0.324 e. The van der Waals surface area contributed by atoms with Crippen LogP contribution in [-0.2, 0) is 0 Å². The fourth-order valence-corrected chi connectivity index (χ4v) is 2.21. The molecule has 0 amide bonds. The molecule has 2 aromatic carbocycles. The van der Waals surface area contributed by atoms with Gasteiger partial charge in [0.05, 0.1) is 25.2 Å². The highest BCUT2D eigenvalue weighted by Crippen LogP contribution is 2.37. The van der Waals surface area contributed by atoms with Crippen molar-refractivity contribution in [3.8, 4) is 5.75 Å². The Morgan fingerprint density at radius 1 is 0.769 bits per heavy atom. The van der Waals surface area contributed by atoms with E-state index in [-0.39, 0.29) is 29.7 Å². The van der Waals surface area contributed by atoms with Crippen LogP contribution in [0.25, 0.3) is 0 Å². The van der Waals surface area contributed by atoms with Gasteiger partial charge < -0.3 is 34.7 Å². The number of hydrogen-bond acceptors (Lipinski definition) is 7. The van der Waals surface area contributed by atoms with E-state index in [1.54, 1.807) is 12.1 Å². The van der Waals surface area contributed by atoms with Gasteiger partial charge in [-0.05, 0) is 17.7 Å². The number of hydrogen-bond donors (Lipinski definition) is 6. The summed E-state index contributed by atoms with van der Waals surface area (Å²) in [6.07, 6.45) is -0.652. The summed E-state index contributed by atoms with van der Waals surface area (Å²) in [7, 11) is -2.62. The number of aliphatic hydroxyl groups excluding tert-OH is 3. The quantitative estimate of drug-likeness (QED) is 0.380. The highest BCUT2D eigenvalue weighted by Gasteiger charge is 2.40. The highest BCUT2D eigenvalue weighted by atomic mass is 31.2. The molecular weight excluding hydrogens is 378 g/mol. The van der Waals surface area contributed by atoms with E-state index in [0.29, 0.717) is 5.75 Å². The molecule has 0 bridgehead atoms. The minimum absolute atomic E-state index is 0. The van der Waals surface area contributed by atoms with E-state index in [4.69, 9.17) is 19.4 Å². The van der Waals surface area contributed by atoms with E-state index >= 15 is 0 Å². The molecule has 9 heteroatoms. The second kappa shape index (κ2) is 13.1. The topological polar surface area (TPSA) is 131 Å². The third-order valence-corrected chi connectivity index (χ3v) is 3.60. The molecular formula is C17H26O7P2. The van der Waals surface area contributed by atoms with Gasteiger partial charge in [0.25, 0.3) is 0 Å². The van der Waals surface area contributed by atoms with E-state index in [2.05, 4.69) is 0 Å². The number of para-hydroxylation sites is 1. The molecule has 2 rings (SSSR count). The zero-order valence-electron chi connectivity index (χ0n) is 14.2. The van der Waals surface area contributed by atoms with Crippen LogP contribution >= 0.6 is 18.5 Å². The summed E-state index contributed by atoms with van der Waals surface area (Å²) in [5, 5.41) is 29.1. The Bertz CT molecular complexity index is 569. The van der Waals surface area contributed by atoms with Crippen LogP contribution in [-0.4, -0.2) is 49.8 Å². The monoisotopic (exact) mass is 404 g/mol. The first-order chi connectivity index (χ1) is 12.0. The van der Waals surface area contributed by atoms with Crippen molar-refractivity contribution in [2.75, 3.05) is 19.8 Å². The van der Waals surface area contributed by atoms with Crippen LogP contribution < -0.4 is 4.74 Å². The van der Waals surface area contributed by atoms with Gasteiger partial charge in [-0.1, -0.05) is 48.5 Å². The van der Waals surface area contributed by atoms with Crippen molar-refractivity contribution in [3.05, 3.63) is 66.2 Å². The lowest BCUT2D eigenvalue weighted by atomic mass is 9.80. The third-order valence-electron chi connectivity index (χ3n) is 3.60. The summed E-state index contributed by atoms with van der Waals surface area (Å²) in [5.74, 6) is 0.617. The van der Waals surface area contributed by atoms with Crippen LogP contribution in [0.3, 0.4) is 0 Å². The first-order valence-electron chi connectivity index (χ1n) is 7.45. The molecule has 2 atom stereocenters. The van der Waals surface area contributed by atoms with Gasteiger partial charge in [-0.15, -0.1) is 0 Å². The van der Waals surface area contributed by atoms with Crippen molar-refractivity contribution in [1.29, 1.82) is 0 Å². The van der Waals surface area contributed by atoms with E-state index in [0.717, 1.165) is 5.56 Å². The molecule has 7 nitrogen and oxygen atoms in total. The van der Waals surface area contributed by atoms with Crippen molar-refractivity contribution in [1.82, 2.24) is 0 Å². The van der Waals surface area contributed by atoms with Crippen LogP contribution in [0.2, 0.25) is 0 Å². The number of benzene rings is 2. The van der Waals surface area contributed by atoms with Gasteiger partial charge in [0.15, 0.2) is 0 Å². The van der Waals surface area contributed by atoms with E-state index < -0.39 is 20.1 Å². The lowest BCUT2D eigenvalue weighted by molar-refractivity contribution is -0.0742. The summed E-state index contributed by atoms with van der Waals surface area (Å²) in [6.45, 7) is -1.15. The van der Waals surface area contributed by atoms with Crippen molar-refractivity contribution >= 4 is 18.5 Å². The molecule has 0 aliphatic carbocycles. The predicted octanol–water partition coefficient (Wildman–Crippen LogP) is 1.02. The summed E-state index contributed by atoms with van der Waals surface area (Å²) in [6, 6.07) is 18.4. The zero-order chi connectivity index (χ0) is 18.7. The number of rotatable bonds is 7. The molecule has 0 heterocycles. The predicted molar refractivity (Wildman–Crippen MR) is 105 cm³/mol. The van der Waals surface area contributed by atoms with E-state index in [1.165, 1.54) is 0 Å². The number of ether oxygens (including phenoxy) is 1. The van der Waals surface area contributed by atoms with Gasteiger partial charge in [0, 0.05) is 0 Å². The van der Waals surface area contributed by atoms with Gasteiger partial charge in [0.2, 0.25) is 0 Å². The Balaban J connectivity index is 0.00000113. The smallest absolute Gasteiger partial charge is 0.324 e. The van der Waals surface area contributed by atoms with Crippen molar-refractivity contribution in [2.45, 2.75) is 6.10 Å². The van der Waals surface area contributed by atoms with Crippen molar-refractivity contribution in [2.24, 2.45) is 5.41 Å². The van der Waals surface area contributed by atoms with Crippen molar-refractivity contribution < 1.29 is 34.7 Å². The van der Waals surface area contributed by atoms with Crippen LogP contribution in [0.1, 0.15) is 11.7 Å². The Morgan fingerprint density at radius 2 is 1.15 bits per heavy atom. The molecule has 2 aromatic rings. The van der Waals surface area contributed by atoms with Crippen LogP contribution in [0.15, 0.2) is 60.7 Å². The lowest BCUT2D eigenvalue weighted by Gasteiger charge is -2.36. The maximum absolute atomic E-state index is 9.69. The summed E-state index contributed by atoms with van der Waals surface area (Å²) >= 11 is 0. The largest absolute Gasteiger partial charge is 0.485 e. The van der Waals surface area contributed by atoms with Crippen LogP contribution in [0.5, 0.6) is 5.75 Å². The molecule has 26 heavy (non-hydrogen) atoms. The summed E-state index contributed by atoms with van der Waals surface area (Å²) in [5.41, 5.74) is -0.365. The first kappa shape index (κ1) is 24.9. The summed E-state index contributed by atoms with van der Waals surface area (Å²) in [4.78, 5) is 21.7. The normalized spacial score (nSPS) is 11.8. The Hall–Kier alpha value is -1.14. The second-order valence-electron chi connectivity index (χ2n) is 5.33. The molecule has 0 aromatic heterocycles. The molecule has 146 valence electrons. The van der Waals surface area contributed by atoms with Gasteiger partial charge in [-0.2, -0.15) is 9.90 Å². The SMILES string of the molecule is OCC(CO)(CO)C(Oc1ccccc1)c1ccccc1.OP(O)O.P. The van der Waals surface area contributed by atoms with Gasteiger partial charge in [-0.3, -0.25) is 0 Å². The standard InChI is InChI=1S/C17H20O4.H3O3P.H3P/c18-11-17(12-19,13-20)16(14-7-3-1-4-8-14)21-15-9-5-2-6-10-15;1-4(2)3;/h1-10,16,18-20H,11-13H2;1-3H;1H3. The number of aliphatic hydroxyl groups is 3. The maximum atomic E-state index is 9.69. The minimum Gasteiger partial charge on any atom is -0.485 e. The molecule has 0 aliphatic rings. The van der Waals surface area contributed by atoms with E-state index in [1.807, 2.05) is 48.5 Å². The average molecular weight is 404 g/mol. The Morgan fingerprint density at radius 3 is 1.54 bits per heavy atom. The molecule has 0 aliphatic heterocycles. The van der Waals surface area contributed by atoms with Crippen LogP contribution in [0.4, 0.5) is 0 Å². The average Bonchev–Trinajstić information content (AvgIpc) is 2.64. The zero-order valence-corrected chi connectivity index (χ0v) is 16.5. The molecule has 0 spiro atoms. The molecule has 2 unspecified atom stereocenters. The third kappa shape index (κ3) is 7.62. The Kier molecular flexibility index (Phi) is 12.5. The van der Waals surface area contributed by atoms with Gasteiger partial charge >= 0.3 is 8.60 Å². The Labute approximate surface area is 157 Å². The van der Waals surface area contributed by atoms with E-state index in [9.17, 15) is 15.3 Å². The molecule has 0 saturated heterocycles. The lowest BCUT2D eigenvalue weighted by Crippen LogP contribution is -2.42. The first-order valence-corrected chi connectivity index (χ1v) is 8.65. The highest BCUT2D eigenvalue weighted by molar-refractivity contribution is 7.38. The van der Waals surface area contributed by atoms with Gasteiger partial charge in [0.1, 0.15) is 11.9 Å². The minimum atomic E-state index is -2.62. The summed E-state index contributed by atoms with van der Waals surface area (Å²) < 4.78 is 5.96. The van der Waals surface area contributed by atoms with Gasteiger partial charge in [-0.25, -0.2) is 0 Å². The molecule has 0 radical (unpaired) electrons. The molecule has 0 fully saturated rings. The fourth-order valence-electron chi connectivity index (χ4n) is 2.21. The molecule has 0 saturated carbocycles. The second-order valence-corrected chi connectivity index (χ2v) is 5.86. The fraction of sp³-hybridized carbons (Fsp3) is 0.294.